The van der Waals surface area contributed by atoms with Gasteiger partial charge in [-0.05, 0) is 81.6 Å². The second-order valence-electron chi connectivity index (χ2n) is 12.0. The summed E-state index contributed by atoms with van der Waals surface area (Å²) < 4.78 is 24.4. The minimum Gasteiger partial charge on any atom is -0.444 e. The maximum atomic E-state index is 13.8. The summed E-state index contributed by atoms with van der Waals surface area (Å²) in [5, 5.41) is 10.4. The molecule has 1 aromatic heterocycles. The number of ether oxygens (including phenoxy) is 1. The highest BCUT2D eigenvalue weighted by Gasteiger charge is 2.29. The van der Waals surface area contributed by atoms with Gasteiger partial charge in [0.1, 0.15) is 18.0 Å². The Balaban J connectivity index is 1.44. The number of hydrazine groups is 1. The Morgan fingerprint density at radius 2 is 1.73 bits per heavy atom. The number of halogens is 1. The van der Waals surface area contributed by atoms with Crippen molar-refractivity contribution >= 4 is 23.6 Å². The van der Waals surface area contributed by atoms with Gasteiger partial charge in [-0.15, -0.1) is 0 Å². The van der Waals surface area contributed by atoms with E-state index in [1.807, 2.05) is 37.1 Å². The molecule has 1 aliphatic rings. The zero-order valence-corrected chi connectivity index (χ0v) is 27.0. The molecule has 45 heavy (non-hydrogen) atoms. The lowest BCUT2D eigenvalue weighted by Gasteiger charge is -2.32. The molecule has 0 saturated carbocycles. The van der Waals surface area contributed by atoms with Gasteiger partial charge in [-0.1, -0.05) is 11.2 Å². The van der Waals surface area contributed by atoms with Crippen molar-refractivity contribution in [1.29, 1.82) is 0 Å². The number of carbonyl (C=O) groups excluding carboxylic acids is 3. The molecule has 242 valence electrons. The molecule has 0 aliphatic carbocycles. The van der Waals surface area contributed by atoms with E-state index >= 15 is 0 Å². The molecule has 2 aromatic carbocycles. The standard InChI is InChI=1S/C32H42FN7O5/c1-8-38(31(43)44-32(4,5)6)13-14-39(20-29(42)37(7)40-18-24-9-11-26(33)16-25(24)19-40)28(41)17-34-27-12-10-23(15-21(27)2)30-35-22(3)45-36-30/h9-12,15-16,34H,8,13-14,17-20H2,1-7H3. The molecule has 1 aliphatic heterocycles. The fourth-order valence-corrected chi connectivity index (χ4v) is 4.92. The lowest BCUT2D eigenvalue weighted by Crippen LogP contribution is -2.50. The summed E-state index contributed by atoms with van der Waals surface area (Å²) in [6.45, 7) is 12.0. The minimum absolute atomic E-state index is 0.0779. The molecule has 0 unspecified atom stereocenters. The number of anilines is 1. The maximum absolute atomic E-state index is 13.8. The molecule has 0 fully saturated rings. The first kappa shape index (κ1) is 33.4. The van der Waals surface area contributed by atoms with Crippen LogP contribution < -0.4 is 5.32 Å². The molecule has 0 saturated heterocycles. The van der Waals surface area contributed by atoms with Crippen molar-refractivity contribution in [2.24, 2.45) is 0 Å². The Kier molecular flexibility index (Phi) is 10.4. The smallest absolute Gasteiger partial charge is 0.410 e. The van der Waals surface area contributed by atoms with Crippen LogP contribution in [0.2, 0.25) is 0 Å². The van der Waals surface area contributed by atoms with Gasteiger partial charge < -0.3 is 24.4 Å². The Morgan fingerprint density at radius 3 is 2.38 bits per heavy atom. The third-order valence-corrected chi connectivity index (χ3v) is 7.45. The van der Waals surface area contributed by atoms with Gasteiger partial charge in [0.05, 0.1) is 6.54 Å². The highest BCUT2D eigenvalue weighted by Crippen LogP contribution is 2.25. The molecular weight excluding hydrogens is 581 g/mol. The summed E-state index contributed by atoms with van der Waals surface area (Å²) >= 11 is 0. The number of benzene rings is 2. The van der Waals surface area contributed by atoms with Crippen molar-refractivity contribution in [3.8, 4) is 11.4 Å². The second-order valence-corrected chi connectivity index (χ2v) is 12.0. The van der Waals surface area contributed by atoms with Crippen LogP contribution in [0.3, 0.4) is 0 Å². The monoisotopic (exact) mass is 623 g/mol. The highest BCUT2D eigenvalue weighted by molar-refractivity contribution is 5.87. The van der Waals surface area contributed by atoms with Crippen molar-refractivity contribution in [2.75, 3.05) is 45.1 Å². The van der Waals surface area contributed by atoms with Crippen LogP contribution >= 0.6 is 0 Å². The third kappa shape index (κ3) is 8.78. The van der Waals surface area contributed by atoms with Crippen molar-refractivity contribution in [1.82, 2.24) is 30.0 Å². The molecule has 0 spiro atoms. The van der Waals surface area contributed by atoms with E-state index in [-0.39, 0.29) is 43.8 Å². The van der Waals surface area contributed by atoms with E-state index in [0.717, 1.165) is 27.9 Å². The number of rotatable bonds is 11. The first-order chi connectivity index (χ1) is 21.2. The van der Waals surface area contributed by atoms with Crippen molar-refractivity contribution < 1.29 is 28.0 Å². The van der Waals surface area contributed by atoms with Gasteiger partial charge >= 0.3 is 6.09 Å². The van der Waals surface area contributed by atoms with E-state index in [1.54, 1.807) is 40.8 Å². The molecule has 3 amide bonds. The number of hydrogen-bond donors (Lipinski definition) is 1. The molecule has 12 nitrogen and oxygen atoms in total. The van der Waals surface area contributed by atoms with E-state index in [1.165, 1.54) is 26.9 Å². The topological polar surface area (TPSA) is 124 Å². The molecule has 0 radical (unpaired) electrons. The Bertz CT molecular complexity index is 1540. The van der Waals surface area contributed by atoms with E-state index in [2.05, 4.69) is 15.5 Å². The average Bonchev–Trinajstić information content (AvgIpc) is 3.60. The predicted octanol–water partition coefficient (Wildman–Crippen LogP) is 4.38. The summed E-state index contributed by atoms with van der Waals surface area (Å²) in [7, 11) is 1.64. The summed E-state index contributed by atoms with van der Waals surface area (Å²) in [5.74, 6) is -0.0148. The Morgan fingerprint density at radius 1 is 1.02 bits per heavy atom. The second kappa shape index (κ2) is 14.1. The number of nitrogens with zero attached hydrogens (tertiary/aromatic N) is 6. The van der Waals surface area contributed by atoms with Gasteiger partial charge in [0.15, 0.2) is 0 Å². The highest BCUT2D eigenvalue weighted by atomic mass is 19.1. The average molecular weight is 624 g/mol. The number of nitrogens with one attached hydrogen (secondary N) is 1. The van der Waals surface area contributed by atoms with Crippen LogP contribution in [0.15, 0.2) is 40.9 Å². The largest absolute Gasteiger partial charge is 0.444 e. The van der Waals surface area contributed by atoms with Gasteiger partial charge in [-0.25, -0.2) is 14.2 Å². The van der Waals surface area contributed by atoms with E-state index in [9.17, 15) is 18.8 Å². The fraction of sp³-hybridized carbons (Fsp3) is 0.469. The molecule has 3 aromatic rings. The molecule has 0 atom stereocenters. The summed E-state index contributed by atoms with van der Waals surface area (Å²) in [4.78, 5) is 47.0. The van der Waals surface area contributed by atoms with Crippen molar-refractivity contribution in [2.45, 2.75) is 60.2 Å². The van der Waals surface area contributed by atoms with Gasteiger partial charge in [-0.3, -0.25) is 14.6 Å². The molecule has 13 heteroatoms. The number of hydrogen-bond acceptors (Lipinski definition) is 9. The molecular formula is C32H42FN7O5. The van der Waals surface area contributed by atoms with Gasteiger partial charge in [0.25, 0.3) is 5.91 Å². The van der Waals surface area contributed by atoms with Crippen LogP contribution in [0.25, 0.3) is 11.4 Å². The summed E-state index contributed by atoms with van der Waals surface area (Å²) in [6, 6.07) is 10.2. The molecule has 2 heterocycles. The maximum Gasteiger partial charge on any atom is 0.410 e. The first-order valence-electron chi connectivity index (χ1n) is 14.9. The SMILES string of the molecule is CCN(CCN(CC(=O)N(C)N1Cc2ccc(F)cc2C1)C(=O)CNc1ccc(-c2noc(C)n2)cc1C)C(=O)OC(C)(C)C. The number of fused-ring (bicyclic) bond motifs is 1. The first-order valence-corrected chi connectivity index (χ1v) is 14.9. The van der Waals surface area contributed by atoms with E-state index in [0.29, 0.717) is 31.3 Å². The molecule has 0 bridgehead atoms. The number of carbonyl (C=O) groups is 3. The van der Waals surface area contributed by atoms with E-state index < -0.39 is 11.7 Å². The lowest BCUT2D eigenvalue weighted by molar-refractivity contribution is -0.151. The normalized spacial score (nSPS) is 12.9. The van der Waals surface area contributed by atoms with E-state index in [4.69, 9.17) is 9.26 Å². The van der Waals surface area contributed by atoms with Crippen LogP contribution in [0, 0.1) is 19.7 Å². The van der Waals surface area contributed by atoms with Crippen LogP contribution in [-0.4, -0.2) is 93.2 Å². The Labute approximate surface area is 263 Å². The van der Waals surface area contributed by atoms with Gasteiger partial charge in [0, 0.05) is 57.9 Å². The van der Waals surface area contributed by atoms with Crippen LogP contribution in [-0.2, 0) is 27.4 Å². The zero-order chi connectivity index (χ0) is 32.9. The predicted molar refractivity (Wildman–Crippen MR) is 166 cm³/mol. The number of amides is 3. The minimum atomic E-state index is -0.672. The quantitative estimate of drug-likeness (QED) is 0.331. The molecule has 4 rings (SSSR count). The van der Waals surface area contributed by atoms with Crippen molar-refractivity contribution in [3.63, 3.8) is 0 Å². The van der Waals surface area contributed by atoms with Crippen LogP contribution in [0.1, 0.15) is 50.3 Å². The molecule has 1 N–H and O–H groups in total. The number of likely N-dealkylation sites (N-methyl/N-ethyl adjacent to an activating group) is 2. The zero-order valence-electron chi connectivity index (χ0n) is 27.0. The third-order valence-electron chi connectivity index (χ3n) is 7.45. The number of aryl methyl sites for hydroxylation is 2. The van der Waals surface area contributed by atoms with Gasteiger partial charge in [-0.2, -0.15) is 4.98 Å². The van der Waals surface area contributed by atoms with Crippen molar-refractivity contribution in [3.05, 3.63) is 64.8 Å². The lowest BCUT2D eigenvalue weighted by atomic mass is 10.1. The summed E-state index contributed by atoms with van der Waals surface area (Å²) in [5.41, 5.74) is 3.48. The van der Waals surface area contributed by atoms with Crippen LogP contribution in [0.5, 0.6) is 0 Å². The fourth-order valence-electron chi connectivity index (χ4n) is 4.92. The number of aromatic nitrogens is 2. The van der Waals surface area contributed by atoms with Gasteiger partial charge in [0.2, 0.25) is 17.6 Å². The van der Waals surface area contributed by atoms with Crippen LogP contribution in [0.4, 0.5) is 14.9 Å². The Hall–Kier alpha value is -4.52. The summed E-state index contributed by atoms with van der Waals surface area (Å²) in [6.07, 6.45) is -0.492.